The Kier molecular flexibility index (Phi) is 7.53. The fourth-order valence-electron chi connectivity index (χ4n) is 3.27. The number of benzene rings is 2. The van der Waals surface area contributed by atoms with E-state index in [1.54, 1.807) is 5.38 Å². The number of carbonyl (C=O) groups is 1. The molecule has 8 heteroatoms. The summed E-state index contributed by atoms with van der Waals surface area (Å²) in [4.78, 5) is 19.3. The molecule has 1 fully saturated rings. The van der Waals surface area contributed by atoms with Crippen LogP contribution in [0.1, 0.15) is 16.1 Å². The van der Waals surface area contributed by atoms with Gasteiger partial charge in [0.25, 0.3) is 5.91 Å². The van der Waals surface area contributed by atoms with Crippen LogP contribution < -0.4 is 10.1 Å². The smallest absolute Gasteiger partial charge is 0.271 e. The summed E-state index contributed by atoms with van der Waals surface area (Å²) < 4.78 is 11.2. The van der Waals surface area contributed by atoms with E-state index in [9.17, 15) is 4.79 Å². The molecule has 0 aliphatic carbocycles. The summed E-state index contributed by atoms with van der Waals surface area (Å²) in [5.74, 6) is 0.586. The maximum Gasteiger partial charge on any atom is 0.271 e. The van der Waals surface area contributed by atoms with Crippen molar-refractivity contribution in [3.63, 3.8) is 0 Å². The van der Waals surface area contributed by atoms with Gasteiger partial charge in [0.2, 0.25) is 0 Å². The molecular formula is C23H24ClN3O3S. The third-order valence-electron chi connectivity index (χ3n) is 4.97. The summed E-state index contributed by atoms with van der Waals surface area (Å²) in [6.45, 7) is 5.37. The first-order chi connectivity index (χ1) is 15.2. The number of morpholine rings is 1. The van der Waals surface area contributed by atoms with Gasteiger partial charge in [-0.3, -0.25) is 9.69 Å². The van der Waals surface area contributed by atoms with E-state index in [2.05, 4.69) is 15.2 Å². The minimum absolute atomic E-state index is 0.215. The fraction of sp³-hybridized carbons (Fsp3) is 0.304. The highest BCUT2D eigenvalue weighted by Crippen LogP contribution is 2.30. The first kappa shape index (κ1) is 21.8. The van der Waals surface area contributed by atoms with Gasteiger partial charge in [0.1, 0.15) is 23.1 Å². The number of nitrogens with one attached hydrogen (secondary N) is 1. The lowest BCUT2D eigenvalue weighted by Crippen LogP contribution is -2.38. The maximum atomic E-state index is 12.5. The van der Waals surface area contributed by atoms with E-state index in [0.29, 0.717) is 23.9 Å². The lowest BCUT2D eigenvalue weighted by atomic mass is 10.2. The Balaban J connectivity index is 1.28. The summed E-state index contributed by atoms with van der Waals surface area (Å²) in [5.41, 5.74) is 2.19. The Bertz CT molecular complexity index is 1020. The standard InChI is InChI=1S/C23H24ClN3O3S/c24-20-7-2-1-6-19(20)23-26-21(16-31-23)22(28)25-15-17-4-3-5-18(14-17)30-13-10-27-8-11-29-12-9-27/h1-7,14,16H,8-13,15H2,(H,25,28). The Labute approximate surface area is 190 Å². The largest absolute Gasteiger partial charge is 0.492 e. The number of rotatable bonds is 8. The third-order valence-corrected chi connectivity index (χ3v) is 6.18. The maximum absolute atomic E-state index is 12.5. The highest BCUT2D eigenvalue weighted by atomic mass is 35.5. The van der Waals surface area contributed by atoms with Crippen LogP contribution in [0.5, 0.6) is 5.75 Å². The van der Waals surface area contributed by atoms with Crippen molar-refractivity contribution in [3.05, 3.63) is 70.2 Å². The molecule has 1 aliphatic heterocycles. The molecule has 1 aromatic heterocycles. The molecular weight excluding hydrogens is 434 g/mol. The van der Waals surface area contributed by atoms with Crippen LogP contribution >= 0.6 is 22.9 Å². The highest BCUT2D eigenvalue weighted by molar-refractivity contribution is 7.13. The molecule has 31 heavy (non-hydrogen) atoms. The van der Waals surface area contributed by atoms with Gasteiger partial charge in [-0.25, -0.2) is 4.98 Å². The summed E-state index contributed by atoms with van der Waals surface area (Å²) in [6.07, 6.45) is 0. The minimum Gasteiger partial charge on any atom is -0.492 e. The summed E-state index contributed by atoms with van der Waals surface area (Å²) in [5, 5.41) is 6.02. The predicted molar refractivity (Wildman–Crippen MR) is 123 cm³/mol. The average molecular weight is 458 g/mol. The Hall–Kier alpha value is -2.45. The summed E-state index contributed by atoms with van der Waals surface area (Å²) >= 11 is 7.63. The number of aromatic nitrogens is 1. The normalized spacial score (nSPS) is 14.4. The number of thiazole rings is 1. The topological polar surface area (TPSA) is 63.7 Å². The number of hydrogen-bond acceptors (Lipinski definition) is 6. The van der Waals surface area contributed by atoms with E-state index < -0.39 is 0 Å². The fourth-order valence-corrected chi connectivity index (χ4v) is 4.39. The quantitative estimate of drug-likeness (QED) is 0.551. The number of amides is 1. The van der Waals surface area contributed by atoms with Crippen LogP contribution in [0.2, 0.25) is 5.02 Å². The van der Waals surface area contributed by atoms with Gasteiger partial charge < -0.3 is 14.8 Å². The third kappa shape index (κ3) is 6.04. The van der Waals surface area contributed by atoms with Crippen molar-refractivity contribution in [2.45, 2.75) is 6.54 Å². The van der Waals surface area contributed by atoms with Crippen molar-refractivity contribution in [1.29, 1.82) is 0 Å². The van der Waals surface area contributed by atoms with Crippen LogP contribution in [0.15, 0.2) is 53.9 Å². The first-order valence-corrected chi connectivity index (χ1v) is 11.5. The number of nitrogens with zero attached hydrogens (tertiary/aromatic N) is 2. The van der Waals surface area contributed by atoms with Crippen molar-refractivity contribution < 1.29 is 14.3 Å². The highest BCUT2D eigenvalue weighted by Gasteiger charge is 2.14. The zero-order valence-corrected chi connectivity index (χ0v) is 18.6. The SMILES string of the molecule is O=C(NCc1cccc(OCCN2CCOCC2)c1)c1csc(-c2ccccc2Cl)n1. The molecule has 162 valence electrons. The van der Waals surface area contributed by atoms with Gasteiger partial charge in [-0.2, -0.15) is 0 Å². The molecule has 0 unspecified atom stereocenters. The number of hydrogen-bond donors (Lipinski definition) is 1. The molecule has 2 aromatic carbocycles. The molecule has 1 N–H and O–H groups in total. The molecule has 0 saturated carbocycles. The second-order valence-electron chi connectivity index (χ2n) is 7.15. The molecule has 1 aliphatic rings. The monoisotopic (exact) mass is 457 g/mol. The van der Waals surface area contributed by atoms with E-state index in [-0.39, 0.29) is 5.91 Å². The van der Waals surface area contributed by atoms with E-state index in [1.165, 1.54) is 11.3 Å². The molecule has 1 amide bonds. The van der Waals surface area contributed by atoms with Gasteiger partial charge >= 0.3 is 0 Å². The van der Waals surface area contributed by atoms with Gasteiger partial charge in [0.05, 0.1) is 18.2 Å². The van der Waals surface area contributed by atoms with Crippen molar-refractivity contribution >= 4 is 28.8 Å². The van der Waals surface area contributed by atoms with Crippen LogP contribution in [-0.2, 0) is 11.3 Å². The van der Waals surface area contributed by atoms with Crippen LogP contribution in [0.25, 0.3) is 10.6 Å². The second-order valence-corrected chi connectivity index (χ2v) is 8.42. The van der Waals surface area contributed by atoms with E-state index in [0.717, 1.165) is 54.7 Å². The Morgan fingerprint density at radius 2 is 2.03 bits per heavy atom. The van der Waals surface area contributed by atoms with Crippen molar-refractivity contribution in [2.75, 3.05) is 39.5 Å². The van der Waals surface area contributed by atoms with Crippen molar-refractivity contribution in [3.8, 4) is 16.3 Å². The molecule has 1 saturated heterocycles. The zero-order valence-electron chi connectivity index (χ0n) is 17.1. The summed E-state index contributed by atoms with van der Waals surface area (Å²) in [7, 11) is 0. The van der Waals surface area contributed by atoms with Gasteiger partial charge in [0.15, 0.2) is 0 Å². The first-order valence-electron chi connectivity index (χ1n) is 10.2. The van der Waals surface area contributed by atoms with Gasteiger partial charge in [0, 0.05) is 37.1 Å². The molecule has 6 nitrogen and oxygen atoms in total. The van der Waals surface area contributed by atoms with Crippen LogP contribution in [0.3, 0.4) is 0 Å². The lowest BCUT2D eigenvalue weighted by molar-refractivity contribution is 0.0322. The number of carbonyl (C=O) groups excluding carboxylic acids is 1. The van der Waals surface area contributed by atoms with E-state index >= 15 is 0 Å². The molecule has 4 rings (SSSR count). The molecule has 0 spiro atoms. The van der Waals surface area contributed by atoms with Gasteiger partial charge in [-0.05, 0) is 23.8 Å². The van der Waals surface area contributed by atoms with E-state index in [4.69, 9.17) is 21.1 Å². The summed E-state index contributed by atoms with van der Waals surface area (Å²) in [6, 6.07) is 15.3. The van der Waals surface area contributed by atoms with Crippen molar-refractivity contribution in [2.24, 2.45) is 0 Å². The van der Waals surface area contributed by atoms with Crippen LogP contribution in [0, 0.1) is 0 Å². The zero-order chi connectivity index (χ0) is 21.5. The van der Waals surface area contributed by atoms with Crippen LogP contribution in [0.4, 0.5) is 0 Å². The molecule has 0 radical (unpaired) electrons. The average Bonchev–Trinajstić information content (AvgIpc) is 3.29. The molecule has 0 bridgehead atoms. The van der Waals surface area contributed by atoms with E-state index in [1.807, 2.05) is 48.5 Å². The number of halogens is 1. The van der Waals surface area contributed by atoms with Crippen LogP contribution in [-0.4, -0.2) is 55.2 Å². The Morgan fingerprint density at radius 1 is 1.19 bits per heavy atom. The molecule has 0 atom stereocenters. The minimum atomic E-state index is -0.215. The van der Waals surface area contributed by atoms with Gasteiger partial charge in [-0.15, -0.1) is 11.3 Å². The molecule has 3 aromatic rings. The van der Waals surface area contributed by atoms with Gasteiger partial charge in [-0.1, -0.05) is 41.9 Å². The lowest BCUT2D eigenvalue weighted by Gasteiger charge is -2.26. The molecule has 2 heterocycles. The predicted octanol–water partition coefficient (Wildman–Crippen LogP) is 4.10. The second kappa shape index (κ2) is 10.7. The number of ether oxygens (including phenoxy) is 2. The Morgan fingerprint density at radius 3 is 2.87 bits per heavy atom. The van der Waals surface area contributed by atoms with Crippen molar-refractivity contribution in [1.82, 2.24) is 15.2 Å².